The van der Waals surface area contributed by atoms with Gasteiger partial charge in [-0.15, -0.1) is 0 Å². The Balaban J connectivity index is 1.58. The average Bonchev–Trinajstić information content (AvgIpc) is 3.21. The molecule has 2 atom stereocenters. The number of nitrogens with zero attached hydrogens (tertiary/aromatic N) is 3. The van der Waals surface area contributed by atoms with E-state index in [0.29, 0.717) is 18.5 Å². The summed E-state index contributed by atoms with van der Waals surface area (Å²) in [7, 11) is 0. The normalized spacial score (nSPS) is 26.9. The molecule has 0 spiro atoms. The van der Waals surface area contributed by atoms with Gasteiger partial charge in [0.25, 0.3) is 0 Å². The number of aromatic amines is 1. The highest BCUT2D eigenvalue weighted by atomic mass is 19.1. The van der Waals surface area contributed by atoms with Crippen molar-refractivity contribution in [3.63, 3.8) is 0 Å². The van der Waals surface area contributed by atoms with E-state index >= 15 is 0 Å². The molecule has 1 aromatic heterocycles. The highest BCUT2D eigenvalue weighted by molar-refractivity contribution is 5.78. The van der Waals surface area contributed by atoms with Crippen LogP contribution in [-0.2, 0) is 17.9 Å². The Morgan fingerprint density at radius 1 is 1.36 bits per heavy atom. The molecule has 6 heteroatoms. The van der Waals surface area contributed by atoms with Crippen molar-refractivity contribution in [1.29, 1.82) is 0 Å². The number of carbonyl (C=O) groups is 1. The Labute approximate surface area is 146 Å². The van der Waals surface area contributed by atoms with Crippen LogP contribution in [0.4, 0.5) is 4.39 Å². The van der Waals surface area contributed by atoms with Gasteiger partial charge < -0.3 is 9.88 Å². The van der Waals surface area contributed by atoms with Gasteiger partial charge in [0.05, 0.1) is 12.1 Å². The average molecular weight is 342 g/mol. The maximum atomic E-state index is 14.1. The summed E-state index contributed by atoms with van der Waals surface area (Å²) in [5, 5.41) is 0. The van der Waals surface area contributed by atoms with Crippen molar-refractivity contribution in [2.24, 2.45) is 0 Å². The number of carbonyl (C=O) groups excluding carboxylic acids is 1. The number of imidazole rings is 1. The fraction of sp³-hybridized carbons (Fsp3) is 0.474. The number of hydrogen-bond acceptors (Lipinski definition) is 3. The zero-order chi connectivity index (χ0) is 17.4. The Kier molecular flexibility index (Phi) is 4.07. The molecule has 1 aromatic carbocycles. The molecule has 3 heterocycles. The minimum Gasteiger partial charge on any atom is -0.348 e. The van der Waals surface area contributed by atoms with Crippen molar-refractivity contribution >= 4 is 5.91 Å². The van der Waals surface area contributed by atoms with E-state index in [1.807, 2.05) is 17.2 Å². The van der Waals surface area contributed by atoms with Crippen LogP contribution in [0.15, 0.2) is 36.7 Å². The van der Waals surface area contributed by atoms with Crippen LogP contribution in [0, 0.1) is 5.82 Å². The zero-order valence-corrected chi connectivity index (χ0v) is 14.4. The van der Waals surface area contributed by atoms with Crippen LogP contribution < -0.4 is 0 Å². The number of fused-ring (bicyclic) bond motifs is 1. The standard InChI is InChI=1S/C19H23FN4O/c1-19-8-11-23(13-17-21-9-10-22-17)16(19)6-7-18(25)24(19)12-14-4-2-3-5-15(14)20/h2-5,9-10,16H,6-8,11-13H2,1H3,(H,21,22)/t16-,19-/m0/s1. The van der Waals surface area contributed by atoms with Gasteiger partial charge in [-0.25, -0.2) is 9.37 Å². The molecule has 4 rings (SSSR count). The third-order valence-electron chi connectivity index (χ3n) is 5.81. The predicted molar refractivity (Wildman–Crippen MR) is 92.0 cm³/mol. The van der Waals surface area contributed by atoms with Gasteiger partial charge in [0.1, 0.15) is 11.6 Å². The monoisotopic (exact) mass is 342 g/mol. The molecule has 2 fully saturated rings. The molecule has 1 N–H and O–H groups in total. The molecule has 0 aliphatic carbocycles. The number of benzene rings is 1. The minimum atomic E-state index is -0.260. The molecular weight excluding hydrogens is 319 g/mol. The van der Waals surface area contributed by atoms with E-state index in [0.717, 1.165) is 31.8 Å². The van der Waals surface area contributed by atoms with Crippen LogP contribution in [0.1, 0.15) is 37.6 Å². The van der Waals surface area contributed by atoms with Crippen LogP contribution in [0.2, 0.25) is 0 Å². The molecule has 0 saturated carbocycles. The fourth-order valence-corrected chi connectivity index (χ4v) is 4.41. The molecule has 2 saturated heterocycles. The Bertz CT molecular complexity index is 763. The van der Waals surface area contributed by atoms with E-state index in [-0.39, 0.29) is 23.3 Å². The first-order valence-corrected chi connectivity index (χ1v) is 8.84. The first-order chi connectivity index (χ1) is 12.1. The van der Waals surface area contributed by atoms with Gasteiger partial charge in [0.2, 0.25) is 5.91 Å². The lowest BCUT2D eigenvalue weighted by atomic mass is 9.83. The van der Waals surface area contributed by atoms with Crippen molar-refractivity contribution in [2.45, 2.75) is 50.9 Å². The third-order valence-corrected chi connectivity index (χ3v) is 5.81. The summed E-state index contributed by atoms with van der Waals surface area (Å²) in [4.78, 5) is 24.4. The van der Waals surface area contributed by atoms with Gasteiger partial charge in [0.15, 0.2) is 0 Å². The number of amides is 1. The van der Waals surface area contributed by atoms with Crippen molar-refractivity contribution in [1.82, 2.24) is 19.8 Å². The molecule has 132 valence electrons. The molecule has 5 nitrogen and oxygen atoms in total. The quantitative estimate of drug-likeness (QED) is 0.929. The van der Waals surface area contributed by atoms with Crippen molar-refractivity contribution in [3.05, 3.63) is 53.9 Å². The van der Waals surface area contributed by atoms with Gasteiger partial charge in [-0.05, 0) is 25.8 Å². The van der Waals surface area contributed by atoms with Crippen molar-refractivity contribution < 1.29 is 9.18 Å². The molecule has 2 aliphatic rings. The molecular formula is C19H23FN4O. The summed E-state index contributed by atoms with van der Waals surface area (Å²) in [5.74, 6) is 0.829. The van der Waals surface area contributed by atoms with Gasteiger partial charge in [-0.1, -0.05) is 18.2 Å². The lowest BCUT2D eigenvalue weighted by molar-refractivity contribution is -0.144. The van der Waals surface area contributed by atoms with E-state index in [1.165, 1.54) is 6.07 Å². The third kappa shape index (κ3) is 2.84. The number of nitrogens with one attached hydrogen (secondary N) is 1. The van der Waals surface area contributed by atoms with Gasteiger partial charge in [-0.3, -0.25) is 9.69 Å². The van der Waals surface area contributed by atoms with E-state index in [2.05, 4.69) is 21.8 Å². The van der Waals surface area contributed by atoms with Crippen LogP contribution in [0.5, 0.6) is 0 Å². The molecule has 1 amide bonds. The molecule has 2 aromatic rings. The molecule has 0 bridgehead atoms. The van der Waals surface area contributed by atoms with E-state index in [1.54, 1.807) is 18.3 Å². The lowest BCUT2D eigenvalue weighted by Crippen LogP contribution is -2.60. The first kappa shape index (κ1) is 16.3. The SMILES string of the molecule is C[C@]12CCN(Cc3ncc[nH]3)[C@H]1CCC(=O)N2Cc1ccccc1F. The first-order valence-electron chi connectivity index (χ1n) is 8.84. The molecule has 0 unspecified atom stereocenters. The van der Waals surface area contributed by atoms with E-state index in [4.69, 9.17) is 0 Å². The number of aromatic nitrogens is 2. The highest BCUT2D eigenvalue weighted by Gasteiger charge is 2.52. The fourth-order valence-electron chi connectivity index (χ4n) is 4.41. The predicted octanol–water partition coefficient (Wildman–Crippen LogP) is 2.70. The van der Waals surface area contributed by atoms with Crippen LogP contribution in [0.25, 0.3) is 0 Å². The summed E-state index contributed by atoms with van der Waals surface area (Å²) < 4.78 is 14.1. The second-order valence-corrected chi connectivity index (χ2v) is 7.24. The Hall–Kier alpha value is -2.21. The summed E-state index contributed by atoms with van der Waals surface area (Å²) in [6.07, 6.45) is 5.87. The number of H-pyrrole nitrogens is 1. The topological polar surface area (TPSA) is 52.2 Å². The molecule has 2 aliphatic heterocycles. The van der Waals surface area contributed by atoms with Crippen LogP contribution >= 0.6 is 0 Å². The van der Waals surface area contributed by atoms with Crippen molar-refractivity contribution in [2.75, 3.05) is 6.54 Å². The lowest BCUT2D eigenvalue weighted by Gasteiger charge is -2.48. The van der Waals surface area contributed by atoms with Gasteiger partial charge in [0, 0.05) is 43.5 Å². The minimum absolute atomic E-state index is 0.127. The summed E-state index contributed by atoms with van der Waals surface area (Å²) in [5.41, 5.74) is 0.326. The largest absolute Gasteiger partial charge is 0.348 e. The Morgan fingerprint density at radius 2 is 2.20 bits per heavy atom. The second-order valence-electron chi connectivity index (χ2n) is 7.24. The highest BCUT2D eigenvalue weighted by Crippen LogP contribution is 2.41. The second kappa shape index (κ2) is 6.26. The maximum Gasteiger partial charge on any atom is 0.223 e. The summed E-state index contributed by atoms with van der Waals surface area (Å²) in [6, 6.07) is 7.01. The molecule has 25 heavy (non-hydrogen) atoms. The van der Waals surface area contributed by atoms with Crippen LogP contribution in [-0.4, -0.2) is 43.8 Å². The maximum absolute atomic E-state index is 14.1. The smallest absolute Gasteiger partial charge is 0.223 e. The number of hydrogen-bond donors (Lipinski definition) is 1. The molecule has 0 radical (unpaired) electrons. The van der Waals surface area contributed by atoms with Gasteiger partial charge in [-0.2, -0.15) is 0 Å². The zero-order valence-electron chi connectivity index (χ0n) is 14.4. The number of likely N-dealkylation sites (tertiary alicyclic amines) is 2. The Morgan fingerprint density at radius 3 is 2.96 bits per heavy atom. The van der Waals surface area contributed by atoms with E-state index < -0.39 is 0 Å². The number of halogens is 1. The van der Waals surface area contributed by atoms with Crippen molar-refractivity contribution in [3.8, 4) is 0 Å². The van der Waals surface area contributed by atoms with E-state index in [9.17, 15) is 9.18 Å². The van der Waals surface area contributed by atoms with Crippen LogP contribution in [0.3, 0.4) is 0 Å². The van der Waals surface area contributed by atoms with Gasteiger partial charge >= 0.3 is 0 Å². The summed E-state index contributed by atoms with van der Waals surface area (Å²) >= 11 is 0. The summed E-state index contributed by atoms with van der Waals surface area (Å²) in [6.45, 7) is 4.17. The number of piperidine rings is 1. The number of rotatable bonds is 4.